The highest BCUT2D eigenvalue weighted by Crippen LogP contribution is 2.34. The molecule has 2 unspecified atom stereocenters. The molecule has 2 atom stereocenters. The van der Waals surface area contributed by atoms with Crippen LogP contribution in [0.2, 0.25) is 0 Å². The number of amides is 1. The molecule has 3 aromatic carbocycles. The Balaban J connectivity index is 1.07. The van der Waals surface area contributed by atoms with Crippen molar-refractivity contribution in [3.8, 4) is 11.3 Å². The summed E-state index contributed by atoms with van der Waals surface area (Å²) in [5.41, 5.74) is 5.34. The van der Waals surface area contributed by atoms with Gasteiger partial charge in [0.25, 0.3) is 5.91 Å². The number of rotatable bonds is 5. The van der Waals surface area contributed by atoms with E-state index in [1.165, 1.54) is 5.39 Å². The van der Waals surface area contributed by atoms with Crippen LogP contribution in [0.3, 0.4) is 0 Å². The molecule has 7 heteroatoms. The molecule has 0 radical (unpaired) electrons. The fourth-order valence-corrected chi connectivity index (χ4v) is 6.87. The summed E-state index contributed by atoms with van der Waals surface area (Å²) in [5.74, 6) is -0.123. The Hall–Kier alpha value is -4.49. The summed E-state index contributed by atoms with van der Waals surface area (Å²) in [6.07, 6.45) is 8.49. The van der Waals surface area contributed by atoms with Gasteiger partial charge in [-0.2, -0.15) is 0 Å². The summed E-state index contributed by atoms with van der Waals surface area (Å²) in [5, 5.41) is 5.84. The van der Waals surface area contributed by atoms with Gasteiger partial charge in [0.05, 0.1) is 18.3 Å². The van der Waals surface area contributed by atoms with Gasteiger partial charge in [0.2, 0.25) is 0 Å². The number of pyridine rings is 1. The van der Waals surface area contributed by atoms with Crippen molar-refractivity contribution in [1.82, 2.24) is 19.7 Å². The minimum atomic E-state index is -0.269. The molecule has 1 fully saturated rings. The van der Waals surface area contributed by atoms with Crippen molar-refractivity contribution in [1.29, 1.82) is 0 Å². The van der Waals surface area contributed by atoms with E-state index in [0.717, 1.165) is 53.8 Å². The van der Waals surface area contributed by atoms with Crippen LogP contribution >= 0.6 is 0 Å². The fraction of sp³-hybridized carbons (Fsp3) is 0.306. The predicted octanol–water partition coefficient (Wildman–Crippen LogP) is 5.69. The maximum atomic E-state index is 13.8. The van der Waals surface area contributed by atoms with Crippen LogP contribution in [0.1, 0.15) is 39.1 Å². The fourth-order valence-electron chi connectivity index (χ4n) is 6.87. The van der Waals surface area contributed by atoms with Gasteiger partial charge in [-0.25, -0.2) is 0 Å². The minimum absolute atomic E-state index is 0.00227. The van der Waals surface area contributed by atoms with E-state index in [2.05, 4.69) is 52.5 Å². The van der Waals surface area contributed by atoms with E-state index in [1.807, 2.05) is 66.7 Å². The van der Waals surface area contributed by atoms with Crippen LogP contribution in [-0.2, 0) is 6.42 Å². The summed E-state index contributed by atoms with van der Waals surface area (Å²) < 4.78 is 0. The van der Waals surface area contributed by atoms with Crippen LogP contribution in [0.15, 0.2) is 91.3 Å². The van der Waals surface area contributed by atoms with E-state index in [9.17, 15) is 9.59 Å². The van der Waals surface area contributed by atoms with Gasteiger partial charge < -0.3 is 20.0 Å². The number of likely N-dealkylation sites (tertiary alicyclic amines) is 1. The normalized spacial score (nSPS) is 20.3. The SMILES string of the molecule is CN1CCC(N(C)C(=O)c2ccc3c(c2)NCN2C=CC(C(=O)c4ccc(-c5cccc6ccccc56)nc4)C2C3)CC1. The van der Waals surface area contributed by atoms with Crippen molar-refractivity contribution in [3.63, 3.8) is 0 Å². The van der Waals surface area contributed by atoms with Crippen molar-refractivity contribution in [2.24, 2.45) is 5.92 Å². The molecular weight excluding hydrogens is 534 g/mol. The monoisotopic (exact) mass is 571 g/mol. The second-order valence-corrected chi connectivity index (χ2v) is 12.1. The quantitative estimate of drug-likeness (QED) is 0.311. The molecule has 4 aromatic rings. The molecule has 1 saturated heterocycles. The van der Waals surface area contributed by atoms with Gasteiger partial charge in [-0.05, 0) is 86.2 Å². The third kappa shape index (κ3) is 5.19. The number of carbonyl (C=O) groups excluding carboxylic acids is 2. The Labute approximate surface area is 252 Å². The maximum Gasteiger partial charge on any atom is 0.253 e. The highest BCUT2D eigenvalue weighted by atomic mass is 16.2. The van der Waals surface area contributed by atoms with Gasteiger partial charge in [0.15, 0.2) is 5.78 Å². The van der Waals surface area contributed by atoms with E-state index in [0.29, 0.717) is 24.2 Å². The molecule has 1 aromatic heterocycles. The number of ketones is 1. The first-order valence-corrected chi connectivity index (χ1v) is 15.2. The molecular formula is C36H37N5O2. The van der Waals surface area contributed by atoms with Gasteiger partial charge in [-0.3, -0.25) is 14.6 Å². The number of aromatic nitrogens is 1. The van der Waals surface area contributed by atoms with Crippen LogP contribution in [0.4, 0.5) is 5.69 Å². The summed E-state index contributed by atoms with van der Waals surface area (Å²) >= 11 is 0. The van der Waals surface area contributed by atoms with Crippen LogP contribution in [-0.4, -0.2) is 77.3 Å². The number of carbonyl (C=O) groups is 2. The maximum absolute atomic E-state index is 13.8. The molecule has 0 spiro atoms. The van der Waals surface area contributed by atoms with E-state index >= 15 is 0 Å². The van der Waals surface area contributed by atoms with Crippen LogP contribution in [0.25, 0.3) is 22.0 Å². The molecule has 7 nitrogen and oxygen atoms in total. The number of hydrogen-bond acceptors (Lipinski definition) is 6. The van der Waals surface area contributed by atoms with E-state index in [1.54, 1.807) is 6.20 Å². The highest BCUT2D eigenvalue weighted by Gasteiger charge is 2.37. The van der Waals surface area contributed by atoms with Crippen LogP contribution < -0.4 is 5.32 Å². The molecule has 1 amide bonds. The van der Waals surface area contributed by atoms with Gasteiger partial charge in [-0.1, -0.05) is 54.6 Å². The topological polar surface area (TPSA) is 68.8 Å². The summed E-state index contributed by atoms with van der Waals surface area (Å²) in [6, 6.07) is 24.6. The molecule has 7 rings (SSSR count). The van der Waals surface area contributed by atoms with E-state index in [-0.39, 0.29) is 29.7 Å². The molecule has 43 heavy (non-hydrogen) atoms. The largest absolute Gasteiger partial charge is 0.368 e. The molecule has 3 aliphatic heterocycles. The number of benzene rings is 3. The van der Waals surface area contributed by atoms with Gasteiger partial charge in [-0.15, -0.1) is 0 Å². The summed E-state index contributed by atoms with van der Waals surface area (Å²) in [7, 11) is 4.06. The van der Waals surface area contributed by atoms with Crippen molar-refractivity contribution in [2.75, 3.05) is 39.2 Å². The van der Waals surface area contributed by atoms with Gasteiger partial charge in [0, 0.05) is 47.7 Å². The zero-order valence-electron chi connectivity index (χ0n) is 24.7. The third-order valence-corrected chi connectivity index (χ3v) is 9.54. The molecule has 0 saturated carbocycles. The highest BCUT2D eigenvalue weighted by molar-refractivity contribution is 6.00. The summed E-state index contributed by atoms with van der Waals surface area (Å²) in [4.78, 5) is 38.3. The predicted molar refractivity (Wildman–Crippen MR) is 171 cm³/mol. The number of Topliss-reactive ketones (excluding diaryl/α,β-unsaturated/α-hetero) is 1. The first kappa shape index (κ1) is 27.3. The number of hydrogen-bond donors (Lipinski definition) is 1. The first-order chi connectivity index (χ1) is 21.0. The van der Waals surface area contributed by atoms with E-state index in [4.69, 9.17) is 4.98 Å². The zero-order chi connectivity index (χ0) is 29.5. The third-order valence-electron chi connectivity index (χ3n) is 9.54. The smallest absolute Gasteiger partial charge is 0.253 e. The second kappa shape index (κ2) is 11.3. The van der Waals surface area contributed by atoms with Crippen LogP contribution in [0.5, 0.6) is 0 Å². The van der Waals surface area contributed by atoms with Gasteiger partial charge in [0.1, 0.15) is 0 Å². The standard InChI is InChI=1S/C36H37N5O2/c1-39-17-14-28(15-18-39)40(2)36(43)26-11-10-25-21-34-31(16-19-41(34)23-38-33(25)20-26)35(42)27-12-13-32(37-22-27)30-9-5-7-24-6-3-4-8-29(24)30/h3-13,16,19-20,22,28,31,34,38H,14-15,17-18,21,23H2,1-2H3. The van der Waals surface area contributed by atoms with Crippen LogP contribution in [0, 0.1) is 5.92 Å². The molecule has 0 aliphatic carbocycles. The zero-order valence-corrected chi connectivity index (χ0v) is 24.7. The molecule has 3 aliphatic rings. The molecule has 4 heterocycles. The average Bonchev–Trinajstić information content (AvgIpc) is 3.36. The first-order valence-electron chi connectivity index (χ1n) is 15.2. The number of anilines is 1. The second-order valence-electron chi connectivity index (χ2n) is 12.1. The van der Waals surface area contributed by atoms with E-state index < -0.39 is 0 Å². The lowest BCUT2D eigenvalue weighted by Gasteiger charge is -2.35. The molecule has 218 valence electrons. The lowest BCUT2D eigenvalue weighted by Crippen LogP contribution is -2.44. The number of nitrogens with one attached hydrogen (secondary N) is 1. The van der Waals surface area contributed by atoms with Crippen molar-refractivity contribution in [2.45, 2.75) is 31.3 Å². The number of fused-ring (bicyclic) bond motifs is 3. The Kier molecular flexibility index (Phi) is 7.19. The van der Waals surface area contributed by atoms with Crippen molar-refractivity contribution in [3.05, 3.63) is 108 Å². The molecule has 1 N–H and O–H groups in total. The lowest BCUT2D eigenvalue weighted by atomic mass is 9.88. The van der Waals surface area contributed by atoms with Crippen molar-refractivity contribution >= 4 is 28.2 Å². The Bertz CT molecular complexity index is 1700. The minimum Gasteiger partial charge on any atom is -0.368 e. The number of piperidine rings is 1. The number of nitrogens with zero attached hydrogens (tertiary/aromatic N) is 4. The molecule has 0 bridgehead atoms. The average molecular weight is 572 g/mol. The lowest BCUT2D eigenvalue weighted by molar-refractivity contribution is 0.0659. The Morgan fingerprint density at radius 2 is 1.74 bits per heavy atom. The Morgan fingerprint density at radius 1 is 0.953 bits per heavy atom. The van der Waals surface area contributed by atoms with Crippen molar-refractivity contribution < 1.29 is 9.59 Å². The summed E-state index contributed by atoms with van der Waals surface area (Å²) in [6.45, 7) is 2.62. The van der Waals surface area contributed by atoms with Gasteiger partial charge >= 0.3 is 0 Å². The Morgan fingerprint density at radius 3 is 2.56 bits per heavy atom.